The van der Waals surface area contributed by atoms with Gasteiger partial charge in [0.05, 0.1) is 5.02 Å². The molecule has 2 unspecified atom stereocenters. The van der Waals surface area contributed by atoms with Gasteiger partial charge in [-0.2, -0.15) is 0 Å². The van der Waals surface area contributed by atoms with E-state index in [1.54, 1.807) is 6.07 Å². The van der Waals surface area contributed by atoms with Gasteiger partial charge < -0.3 is 9.84 Å². The number of Topliss-reactive ketones (excluding diaryl/α,β-unsaturated/α-hetero) is 1. The van der Waals surface area contributed by atoms with Crippen LogP contribution < -0.4 is 4.74 Å². The summed E-state index contributed by atoms with van der Waals surface area (Å²) in [5.41, 5.74) is 0.825. The molecule has 2 atom stereocenters. The van der Waals surface area contributed by atoms with Crippen molar-refractivity contribution in [3.8, 4) is 5.75 Å². The molecule has 0 spiro atoms. The van der Waals surface area contributed by atoms with Crippen molar-refractivity contribution in [1.29, 1.82) is 0 Å². The van der Waals surface area contributed by atoms with E-state index < -0.39 is 17.5 Å². The van der Waals surface area contributed by atoms with Crippen LogP contribution in [0.2, 0.25) is 10.0 Å². The van der Waals surface area contributed by atoms with Gasteiger partial charge in [-0.05, 0) is 43.7 Å². The van der Waals surface area contributed by atoms with Gasteiger partial charge >= 0.3 is 5.97 Å². The lowest BCUT2D eigenvalue weighted by Crippen LogP contribution is -2.32. The second kappa shape index (κ2) is 6.23. The highest BCUT2D eigenvalue weighted by atomic mass is 35.5. The minimum Gasteiger partial charge on any atom is -0.479 e. The van der Waals surface area contributed by atoms with E-state index in [-0.39, 0.29) is 21.6 Å². The molecule has 6 heteroatoms. The van der Waals surface area contributed by atoms with Gasteiger partial charge in [0.15, 0.2) is 11.9 Å². The van der Waals surface area contributed by atoms with Crippen molar-refractivity contribution in [1.82, 2.24) is 0 Å². The van der Waals surface area contributed by atoms with E-state index in [0.717, 1.165) is 31.2 Å². The third-order valence-electron chi connectivity index (χ3n) is 5.47. The van der Waals surface area contributed by atoms with Crippen LogP contribution in [-0.4, -0.2) is 23.0 Å². The van der Waals surface area contributed by atoms with E-state index in [1.807, 2.05) is 6.92 Å². The van der Waals surface area contributed by atoms with Gasteiger partial charge in [-0.3, -0.25) is 4.79 Å². The Bertz CT molecular complexity index is 709. The summed E-state index contributed by atoms with van der Waals surface area (Å²) in [6.45, 7) is 3.43. The Morgan fingerprint density at radius 3 is 2.54 bits per heavy atom. The van der Waals surface area contributed by atoms with Gasteiger partial charge in [-0.15, -0.1) is 0 Å². The second-order valence-corrected chi connectivity index (χ2v) is 7.80. The summed E-state index contributed by atoms with van der Waals surface area (Å²) in [4.78, 5) is 24.0. The first-order valence-corrected chi connectivity index (χ1v) is 8.96. The number of ketones is 1. The van der Waals surface area contributed by atoms with E-state index >= 15 is 0 Å². The van der Waals surface area contributed by atoms with Crippen LogP contribution in [0.5, 0.6) is 5.75 Å². The van der Waals surface area contributed by atoms with Crippen molar-refractivity contribution < 1.29 is 19.4 Å². The fourth-order valence-corrected chi connectivity index (χ4v) is 4.51. The van der Waals surface area contributed by atoms with Crippen LogP contribution in [0.25, 0.3) is 0 Å². The van der Waals surface area contributed by atoms with Crippen LogP contribution in [0.3, 0.4) is 0 Å². The van der Waals surface area contributed by atoms with Crippen LogP contribution >= 0.6 is 23.2 Å². The average Bonchev–Trinajstić information content (AvgIpc) is 3.13. The van der Waals surface area contributed by atoms with Crippen LogP contribution in [0, 0.1) is 11.3 Å². The smallest absolute Gasteiger partial charge is 0.344 e. The number of halogens is 2. The largest absolute Gasteiger partial charge is 0.479 e. The Morgan fingerprint density at radius 1 is 1.33 bits per heavy atom. The lowest BCUT2D eigenvalue weighted by Gasteiger charge is -2.29. The molecule has 2 aliphatic rings. The number of hydrogen-bond donors (Lipinski definition) is 1. The SMILES string of the molecule is CC(Oc1cc2c(c(Cl)c1Cl)C(=O)C(C)(C1CCCC1)C2)C(=O)O. The number of rotatable bonds is 4. The summed E-state index contributed by atoms with van der Waals surface area (Å²) in [6.07, 6.45) is 3.98. The Kier molecular flexibility index (Phi) is 4.56. The fourth-order valence-electron chi connectivity index (χ4n) is 4.02. The number of hydrogen-bond acceptors (Lipinski definition) is 3. The molecule has 0 aromatic heterocycles. The lowest BCUT2D eigenvalue weighted by molar-refractivity contribution is -0.144. The molecule has 4 nitrogen and oxygen atoms in total. The van der Waals surface area contributed by atoms with Gasteiger partial charge in [0.1, 0.15) is 10.8 Å². The van der Waals surface area contributed by atoms with Crippen molar-refractivity contribution in [2.75, 3.05) is 0 Å². The van der Waals surface area contributed by atoms with Crippen molar-refractivity contribution in [2.45, 2.75) is 52.1 Å². The third-order valence-corrected chi connectivity index (χ3v) is 6.32. The second-order valence-electron chi connectivity index (χ2n) is 7.04. The van der Waals surface area contributed by atoms with Crippen molar-refractivity contribution in [3.63, 3.8) is 0 Å². The highest BCUT2D eigenvalue weighted by Crippen LogP contribution is 2.52. The highest BCUT2D eigenvalue weighted by molar-refractivity contribution is 6.45. The molecule has 0 bridgehead atoms. The van der Waals surface area contributed by atoms with Gasteiger partial charge in [0.2, 0.25) is 0 Å². The normalized spacial score (nSPS) is 24.9. The van der Waals surface area contributed by atoms with Crippen LogP contribution in [0.4, 0.5) is 0 Å². The van der Waals surface area contributed by atoms with Gasteiger partial charge in [-0.25, -0.2) is 4.79 Å². The molecule has 0 aliphatic heterocycles. The Balaban J connectivity index is 1.99. The maximum Gasteiger partial charge on any atom is 0.344 e. The van der Waals surface area contributed by atoms with E-state index in [0.29, 0.717) is 17.9 Å². The fraction of sp³-hybridized carbons (Fsp3) is 0.556. The highest BCUT2D eigenvalue weighted by Gasteiger charge is 2.49. The zero-order chi connectivity index (χ0) is 17.6. The monoisotopic (exact) mass is 370 g/mol. The van der Waals surface area contributed by atoms with E-state index in [4.69, 9.17) is 33.0 Å². The Morgan fingerprint density at radius 2 is 1.96 bits per heavy atom. The van der Waals surface area contributed by atoms with Gasteiger partial charge in [0.25, 0.3) is 0 Å². The maximum absolute atomic E-state index is 13.0. The number of carboxylic acids is 1. The minimum absolute atomic E-state index is 0.0501. The van der Waals surface area contributed by atoms with E-state index in [9.17, 15) is 9.59 Å². The zero-order valence-electron chi connectivity index (χ0n) is 13.7. The molecule has 0 amide bonds. The number of carbonyl (C=O) groups is 2. The Hall–Kier alpha value is -1.26. The number of carboxylic acid groups (broad SMARTS) is 1. The quantitative estimate of drug-likeness (QED) is 0.827. The first-order chi connectivity index (χ1) is 11.3. The van der Waals surface area contributed by atoms with E-state index in [1.165, 1.54) is 6.92 Å². The Labute approximate surface area is 151 Å². The number of ether oxygens (including phenoxy) is 1. The molecule has 24 heavy (non-hydrogen) atoms. The molecule has 1 aromatic rings. The summed E-state index contributed by atoms with van der Waals surface area (Å²) in [6, 6.07) is 1.68. The molecule has 1 N–H and O–H groups in total. The van der Waals surface area contributed by atoms with Crippen molar-refractivity contribution in [3.05, 3.63) is 27.2 Å². The number of benzene rings is 1. The molecule has 2 aliphatic carbocycles. The summed E-state index contributed by atoms with van der Waals surface area (Å²) < 4.78 is 5.41. The molecule has 3 rings (SSSR count). The minimum atomic E-state index is -1.09. The van der Waals surface area contributed by atoms with Crippen molar-refractivity contribution in [2.24, 2.45) is 11.3 Å². The van der Waals surface area contributed by atoms with Crippen LogP contribution in [-0.2, 0) is 11.2 Å². The summed E-state index contributed by atoms with van der Waals surface area (Å²) in [5, 5.41) is 9.29. The molecule has 1 aromatic carbocycles. The summed E-state index contributed by atoms with van der Waals surface area (Å²) in [5.74, 6) is -0.461. The maximum atomic E-state index is 13.0. The number of aliphatic carboxylic acids is 1. The summed E-state index contributed by atoms with van der Waals surface area (Å²) >= 11 is 12.6. The topological polar surface area (TPSA) is 63.6 Å². The predicted octanol–water partition coefficient (Wildman–Crippen LogP) is 4.78. The molecule has 0 heterocycles. The van der Waals surface area contributed by atoms with E-state index in [2.05, 4.69) is 0 Å². The van der Waals surface area contributed by atoms with Crippen LogP contribution in [0.1, 0.15) is 55.5 Å². The zero-order valence-corrected chi connectivity index (χ0v) is 15.2. The lowest BCUT2D eigenvalue weighted by atomic mass is 9.73. The molecular formula is C18H20Cl2O4. The first kappa shape index (κ1) is 17.6. The van der Waals surface area contributed by atoms with Gasteiger partial charge in [0, 0.05) is 11.0 Å². The molecule has 1 saturated carbocycles. The van der Waals surface area contributed by atoms with Crippen molar-refractivity contribution >= 4 is 35.0 Å². The molecule has 1 fully saturated rings. The number of carbonyl (C=O) groups excluding carboxylic acids is 1. The third kappa shape index (κ3) is 2.70. The van der Waals surface area contributed by atoms with Gasteiger partial charge in [-0.1, -0.05) is 43.0 Å². The van der Waals surface area contributed by atoms with Crippen LogP contribution in [0.15, 0.2) is 6.07 Å². The molecule has 0 radical (unpaired) electrons. The molecule has 130 valence electrons. The molecule has 0 saturated heterocycles. The standard InChI is InChI=1S/C18H20Cl2O4/c1-9(17(22)23)24-12-7-10-8-18(2,11-5-3-4-6-11)16(21)13(10)15(20)14(12)19/h7,9,11H,3-6,8H2,1-2H3,(H,22,23). The predicted molar refractivity (Wildman–Crippen MR) is 92.3 cm³/mol. The first-order valence-electron chi connectivity index (χ1n) is 8.21. The number of fused-ring (bicyclic) bond motifs is 1. The molecular weight excluding hydrogens is 351 g/mol. The summed E-state index contributed by atoms with van der Waals surface area (Å²) in [7, 11) is 0. The average molecular weight is 371 g/mol.